The highest BCUT2D eigenvalue weighted by molar-refractivity contribution is 7.94. The molecule has 0 radical (unpaired) electrons. The van der Waals surface area contributed by atoms with Gasteiger partial charge in [0.2, 0.25) is 9.84 Å². The molecule has 0 saturated heterocycles. The van der Waals surface area contributed by atoms with E-state index in [0.717, 1.165) is 0 Å². The predicted molar refractivity (Wildman–Crippen MR) is 59.6 cm³/mol. The van der Waals surface area contributed by atoms with E-state index < -0.39 is 15.6 Å². The molecule has 16 heavy (non-hydrogen) atoms. The van der Waals surface area contributed by atoms with E-state index in [9.17, 15) is 8.42 Å². The van der Waals surface area contributed by atoms with E-state index in [1.54, 1.807) is 6.07 Å². The zero-order valence-corrected chi connectivity index (χ0v) is 9.66. The standard InChI is InChI=1S/C10H8ClNO3S/c11-8-1-3-10(4-2-8)16(14,15)7-9(13)5-6-12/h1-4,7,13H,5H2. The first-order valence-electron chi connectivity index (χ1n) is 4.23. The van der Waals surface area contributed by atoms with Gasteiger partial charge in [0.25, 0.3) is 0 Å². The number of halogens is 1. The molecule has 0 atom stereocenters. The quantitative estimate of drug-likeness (QED) is 0.844. The Morgan fingerprint density at radius 3 is 2.50 bits per heavy atom. The Labute approximate surface area is 98.3 Å². The molecule has 0 bridgehead atoms. The van der Waals surface area contributed by atoms with Gasteiger partial charge in [0.05, 0.1) is 22.8 Å². The fourth-order valence-corrected chi connectivity index (χ4v) is 2.21. The second-order valence-corrected chi connectivity index (χ2v) is 5.18. The molecule has 84 valence electrons. The molecule has 0 aliphatic heterocycles. The van der Waals surface area contributed by atoms with E-state index >= 15 is 0 Å². The van der Waals surface area contributed by atoms with Crippen molar-refractivity contribution in [3.05, 3.63) is 40.5 Å². The SMILES string of the molecule is N#CCC(O)=CS(=O)(=O)c1ccc(Cl)cc1. The van der Waals surface area contributed by atoms with Crippen molar-refractivity contribution < 1.29 is 13.5 Å². The number of hydrogen-bond acceptors (Lipinski definition) is 4. The number of aliphatic hydroxyl groups is 1. The van der Waals surface area contributed by atoms with E-state index in [1.165, 1.54) is 24.3 Å². The third-order valence-electron chi connectivity index (χ3n) is 1.69. The summed E-state index contributed by atoms with van der Waals surface area (Å²) in [5.41, 5.74) is 0. The van der Waals surface area contributed by atoms with E-state index in [1.807, 2.05) is 0 Å². The van der Waals surface area contributed by atoms with Crippen LogP contribution in [0.4, 0.5) is 0 Å². The Kier molecular flexibility index (Phi) is 3.93. The smallest absolute Gasteiger partial charge is 0.203 e. The molecular formula is C10H8ClNO3S. The normalized spacial score (nSPS) is 12.1. The molecule has 1 rings (SSSR count). The summed E-state index contributed by atoms with van der Waals surface area (Å²) in [7, 11) is -3.72. The number of nitrogens with zero attached hydrogens (tertiary/aromatic N) is 1. The molecule has 0 unspecified atom stereocenters. The van der Waals surface area contributed by atoms with Gasteiger partial charge in [-0.25, -0.2) is 8.42 Å². The molecule has 1 N–H and O–H groups in total. The van der Waals surface area contributed by atoms with Crippen molar-refractivity contribution in [1.82, 2.24) is 0 Å². The number of nitriles is 1. The molecule has 0 heterocycles. The van der Waals surface area contributed by atoms with Crippen LogP contribution in [0.5, 0.6) is 0 Å². The average Bonchev–Trinajstić information content (AvgIpc) is 2.17. The van der Waals surface area contributed by atoms with E-state index in [0.29, 0.717) is 10.4 Å². The Morgan fingerprint density at radius 2 is 2.00 bits per heavy atom. The molecule has 0 fully saturated rings. The number of benzene rings is 1. The average molecular weight is 258 g/mol. The molecule has 1 aromatic rings. The lowest BCUT2D eigenvalue weighted by molar-refractivity contribution is 0.404. The highest BCUT2D eigenvalue weighted by Crippen LogP contribution is 2.17. The van der Waals surface area contributed by atoms with Crippen LogP contribution in [-0.2, 0) is 9.84 Å². The largest absolute Gasteiger partial charge is 0.510 e. The lowest BCUT2D eigenvalue weighted by Gasteiger charge is -1.99. The molecule has 0 aromatic heterocycles. The van der Waals surface area contributed by atoms with Crippen LogP contribution in [-0.4, -0.2) is 13.5 Å². The van der Waals surface area contributed by atoms with Gasteiger partial charge in [-0.15, -0.1) is 0 Å². The van der Waals surface area contributed by atoms with Crippen LogP contribution in [0.1, 0.15) is 6.42 Å². The van der Waals surface area contributed by atoms with Crippen LogP contribution in [0.2, 0.25) is 5.02 Å². The highest BCUT2D eigenvalue weighted by atomic mass is 35.5. The zero-order chi connectivity index (χ0) is 12.2. The van der Waals surface area contributed by atoms with Gasteiger partial charge < -0.3 is 5.11 Å². The van der Waals surface area contributed by atoms with Crippen molar-refractivity contribution in [3.8, 4) is 6.07 Å². The predicted octanol–water partition coefficient (Wildman–Crippen LogP) is 2.43. The van der Waals surface area contributed by atoms with Gasteiger partial charge in [-0.1, -0.05) is 11.6 Å². The van der Waals surface area contributed by atoms with Crippen LogP contribution in [0.15, 0.2) is 40.3 Å². The number of rotatable bonds is 3. The first-order valence-corrected chi connectivity index (χ1v) is 6.15. The zero-order valence-electron chi connectivity index (χ0n) is 8.09. The summed E-state index contributed by atoms with van der Waals surface area (Å²) in [4.78, 5) is 0.0152. The Balaban J connectivity index is 3.09. The lowest BCUT2D eigenvalue weighted by atomic mass is 10.4. The van der Waals surface area contributed by atoms with Gasteiger partial charge in [0.1, 0.15) is 5.76 Å². The van der Waals surface area contributed by atoms with Gasteiger partial charge in [0, 0.05) is 5.02 Å². The third-order valence-corrected chi connectivity index (χ3v) is 3.46. The van der Waals surface area contributed by atoms with E-state index in [4.69, 9.17) is 22.0 Å². The summed E-state index contributed by atoms with van der Waals surface area (Å²) in [6.07, 6.45) is -0.340. The maximum Gasteiger partial charge on any atom is 0.203 e. The first kappa shape index (κ1) is 12.6. The fourth-order valence-electron chi connectivity index (χ4n) is 0.994. The van der Waals surface area contributed by atoms with Crippen molar-refractivity contribution in [2.45, 2.75) is 11.3 Å². The maximum atomic E-state index is 11.6. The van der Waals surface area contributed by atoms with Crippen LogP contribution in [0.25, 0.3) is 0 Å². The second kappa shape index (κ2) is 5.01. The van der Waals surface area contributed by atoms with E-state index in [-0.39, 0.29) is 11.3 Å². The van der Waals surface area contributed by atoms with Gasteiger partial charge in [-0.3, -0.25) is 0 Å². The Hall–Kier alpha value is -1.51. The third kappa shape index (κ3) is 3.26. The summed E-state index contributed by atoms with van der Waals surface area (Å²) in [5, 5.41) is 18.5. The first-order chi connectivity index (χ1) is 7.45. The van der Waals surface area contributed by atoms with Gasteiger partial charge in [-0.2, -0.15) is 5.26 Å². The van der Waals surface area contributed by atoms with Crippen LogP contribution in [0, 0.1) is 11.3 Å². The summed E-state index contributed by atoms with van der Waals surface area (Å²) in [6, 6.07) is 7.17. The number of sulfone groups is 1. The molecule has 0 amide bonds. The molecular weight excluding hydrogens is 250 g/mol. The monoisotopic (exact) mass is 257 g/mol. The van der Waals surface area contributed by atoms with Crippen molar-refractivity contribution in [1.29, 1.82) is 5.26 Å². The fraction of sp³-hybridized carbons (Fsp3) is 0.100. The molecule has 0 saturated carbocycles. The summed E-state index contributed by atoms with van der Waals surface area (Å²) in [5.74, 6) is -0.488. The van der Waals surface area contributed by atoms with Crippen LogP contribution in [0.3, 0.4) is 0 Å². The Bertz CT molecular complexity index is 540. The molecule has 1 aromatic carbocycles. The molecule has 0 aliphatic carbocycles. The van der Waals surface area contributed by atoms with Crippen LogP contribution >= 0.6 is 11.6 Å². The minimum absolute atomic E-state index is 0.0152. The summed E-state index contributed by atoms with van der Waals surface area (Å²) < 4.78 is 23.3. The topological polar surface area (TPSA) is 78.2 Å². The van der Waals surface area contributed by atoms with E-state index in [2.05, 4.69) is 0 Å². The summed E-state index contributed by atoms with van der Waals surface area (Å²) >= 11 is 5.61. The lowest BCUT2D eigenvalue weighted by Crippen LogP contribution is -1.98. The second-order valence-electron chi connectivity index (χ2n) is 2.94. The van der Waals surface area contributed by atoms with Gasteiger partial charge in [-0.05, 0) is 24.3 Å². The summed E-state index contributed by atoms with van der Waals surface area (Å²) in [6.45, 7) is 0. The van der Waals surface area contributed by atoms with Gasteiger partial charge >= 0.3 is 0 Å². The molecule has 6 heteroatoms. The number of allylic oxidation sites excluding steroid dienone is 1. The minimum atomic E-state index is -3.72. The van der Waals surface area contributed by atoms with Gasteiger partial charge in [0.15, 0.2) is 0 Å². The van der Waals surface area contributed by atoms with Crippen molar-refractivity contribution in [2.75, 3.05) is 0 Å². The highest BCUT2D eigenvalue weighted by Gasteiger charge is 2.12. The van der Waals surface area contributed by atoms with Crippen molar-refractivity contribution >= 4 is 21.4 Å². The van der Waals surface area contributed by atoms with Crippen LogP contribution < -0.4 is 0 Å². The van der Waals surface area contributed by atoms with Crippen molar-refractivity contribution in [3.63, 3.8) is 0 Å². The minimum Gasteiger partial charge on any atom is -0.510 e. The maximum absolute atomic E-state index is 11.6. The van der Waals surface area contributed by atoms with Crippen molar-refractivity contribution in [2.24, 2.45) is 0 Å². The Morgan fingerprint density at radius 1 is 1.44 bits per heavy atom. The molecule has 0 spiro atoms. The number of aliphatic hydroxyl groups excluding tert-OH is 1. The molecule has 4 nitrogen and oxygen atoms in total. The number of hydrogen-bond donors (Lipinski definition) is 1. The molecule has 0 aliphatic rings.